The van der Waals surface area contributed by atoms with Crippen molar-refractivity contribution in [2.45, 2.75) is 26.3 Å². The maximum atomic E-state index is 11.8. The highest BCUT2D eigenvalue weighted by Crippen LogP contribution is 2.14. The topological polar surface area (TPSA) is 103 Å². The predicted octanol–water partition coefficient (Wildman–Crippen LogP) is 1.77. The van der Waals surface area contributed by atoms with Crippen molar-refractivity contribution >= 4 is 11.9 Å². The van der Waals surface area contributed by atoms with E-state index in [1.165, 1.54) is 24.3 Å². The molecule has 0 radical (unpaired) electrons. The molecule has 1 aromatic rings. The average molecular weight is 299 g/mol. The molecule has 0 fully saturated rings. The van der Waals surface area contributed by atoms with Crippen molar-refractivity contribution in [2.75, 3.05) is 6.61 Å². The van der Waals surface area contributed by atoms with Gasteiger partial charge in [-0.15, -0.1) is 0 Å². The molecular weight excluding hydrogens is 282 g/mol. The number of amides is 1. The van der Waals surface area contributed by atoms with Crippen molar-refractivity contribution in [3.63, 3.8) is 0 Å². The van der Waals surface area contributed by atoms with Crippen molar-refractivity contribution in [2.24, 2.45) is 5.92 Å². The van der Waals surface area contributed by atoms with Gasteiger partial charge in [-0.1, -0.05) is 13.8 Å². The summed E-state index contributed by atoms with van der Waals surface area (Å²) in [6, 6.07) is 9.85. The zero-order chi connectivity index (χ0) is 16.8. The molecule has 1 amide bonds. The number of nitrogens with zero attached hydrogens (tertiary/aromatic N) is 2. The summed E-state index contributed by atoms with van der Waals surface area (Å²) in [4.78, 5) is 23.5. The first-order chi connectivity index (χ1) is 10.3. The van der Waals surface area contributed by atoms with Gasteiger partial charge in [0.05, 0.1) is 23.3 Å². The van der Waals surface area contributed by atoms with Crippen LogP contribution in [-0.2, 0) is 9.53 Å². The van der Waals surface area contributed by atoms with E-state index in [4.69, 9.17) is 15.3 Å². The van der Waals surface area contributed by atoms with Crippen LogP contribution in [0.5, 0.6) is 0 Å². The van der Waals surface area contributed by atoms with Gasteiger partial charge >= 0.3 is 5.97 Å². The summed E-state index contributed by atoms with van der Waals surface area (Å²) >= 11 is 0. The van der Waals surface area contributed by atoms with Gasteiger partial charge in [-0.3, -0.25) is 4.79 Å². The summed E-state index contributed by atoms with van der Waals surface area (Å²) in [5.74, 6) is -1.29. The molecule has 0 heterocycles. The normalized spacial score (nSPS) is 12.6. The predicted molar refractivity (Wildman–Crippen MR) is 78.4 cm³/mol. The molecule has 0 saturated heterocycles. The molecule has 0 spiro atoms. The highest BCUT2D eigenvalue weighted by atomic mass is 16.5. The number of hydrogen-bond donors (Lipinski definition) is 1. The summed E-state index contributed by atoms with van der Waals surface area (Å²) in [6.45, 7) is 4.76. The van der Waals surface area contributed by atoms with E-state index >= 15 is 0 Å². The van der Waals surface area contributed by atoms with E-state index in [-0.39, 0.29) is 11.5 Å². The second-order valence-electron chi connectivity index (χ2n) is 5.28. The van der Waals surface area contributed by atoms with Gasteiger partial charge in [0.15, 0.2) is 6.61 Å². The maximum Gasteiger partial charge on any atom is 0.338 e. The minimum absolute atomic E-state index is 0.0873. The Morgan fingerprint density at radius 3 is 2.32 bits per heavy atom. The number of benzene rings is 1. The smallest absolute Gasteiger partial charge is 0.338 e. The standard InChI is InChI=1S/C16H17N3O3/c1-11(2)16(3,10-18)19-14(20)9-22-15(21)13-6-4-12(8-17)5-7-13/h4-7,11H,9H2,1-3H3,(H,19,20)/t16-/m0/s1. The van der Waals surface area contributed by atoms with E-state index in [2.05, 4.69) is 5.32 Å². The van der Waals surface area contributed by atoms with Crippen LogP contribution in [0, 0.1) is 28.6 Å². The van der Waals surface area contributed by atoms with Crippen LogP contribution in [0.15, 0.2) is 24.3 Å². The number of nitrogens with one attached hydrogen (secondary N) is 1. The lowest BCUT2D eigenvalue weighted by Crippen LogP contribution is -2.50. The molecule has 0 saturated carbocycles. The molecule has 0 aromatic heterocycles. The fourth-order valence-electron chi connectivity index (χ4n) is 1.52. The summed E-state index contributed by atoms with van der Waals surface area (Å²) in [6.07, 6.45) is 0. The Hall–Kier alpha value is -2.86. The van der Waals surface area contributed by atoms with Crippen molar-refractivity contribution in [3.05, 3.63) is 35.4 Å². The summed E-state index contributed by atoms with van der Waals surface area (Å²) in [5.41, 5.74) is -0.340. The molecule has 1 atom stereocenters. The van der Waals surface area contributed by atoms with Crippen LogP contribution in [0.1, 0.15) is 36.7 Å². The summed E-state index contributed by atoms with van der Waals surface area (Å²) in [7, 11) is 0. The third kappa shape index (κ3) is 4.32. The second-order valence-corrected chi connectivity index (χ2v) is 5.28. The van der Waals surface area contributed by atoms with E-state index in [0.717, 1.165) is 0 Å². The Balaban J connectivity index is 2.59. The maximum absolute atomic E-state index is 11.8. The number of nitriles is 2. The zero-order valence-corrected chi connectivity index (χ0v) is 12.7. The average Bonchev–Trinajstić information content (AvgIpc) is 2.52. The molecule has 114 valence electrons. The molecule has 0 aliphatic carbocycles. The Morgan fingerprint density at radius 2 is 1.86 bits per heavy atom. The van der Waals surface area contributed by atoms with Crippen LogP contribution < -0.4 is 5.32 Å². The van der Waals surface area contributed by atoms with E-state index in [9.17, 15) is 9.59 Å². The SMILES string of the molecule is CC(C)[C@](C)(C#N)NC(=O)COC(=O)c1ccc(C#N)cc1. The lowest BCUT2D eigenvalue weighted by molar-refractivity contribution is -0.125. The number of hydrogen-bond acceptors (Lipinski definition) is 5. The Bertz CT molecular complexity index is 638. The van der Waals surface area contributed by atoms with Crippen LogP contribution >= 0.6 is 0 Å². The second kappa shape index (κ2) is 7.24. The molecule has 0 bridgehead atoms. The van der Waals surface area contributed by atoms with Gasteiger partial charge in [-0.2, -0.15) is 10.5 Å². The van der Waals surface area contributed by atoms with Gasteiger partial charge in [0.2, 0.25) is 0 Å². The first-order valence-corrected chi connectivity index (χ1v) is 6.72. The third-order valence-electron chi connectivity index (χ3n) is 3.37. The van der Waals surface area contributed by atoms with Crippen LogP contribution in [0.2, 0.25) is 0 Å². The van der Waals surface area contributed by atoms with Crippen LogP contribution in [0.4, 0.5) is 0 Å². The number of carbonyl (C=O) groups excluding carboxylic acids is 2. The van der Waals surface area contributed by atoms with Gasteiger partial charge in [0.25, 0.3) is 5.91 Å². The third-order valence-corrected chi connectivity index (χ3v) is 3.37. The fourth-order valence-corrected chi connectivity index (χ4v) is 1.52. The van der Waals surface area contributed by atoms with E-state index < -0.39 is 24.0 Å². The highest BCUT2D eigenvalue weighted by Gasteiger charge is 2.30. The molecule has 1 N–H and O–H groups in total. The van der Waals surface area contributed by atoms with Crippen molar-refractivity contribution in [1.29, 1.82) is 10.5 Å². The number of ether oxygens (including phenoxy) is 1. The Kier molecular flexibility index (Phi) is 5.65. The lowest BCUT2D eigenvalue weighted by Gasteiger charge is -2.27. The van der Waals surface area contributed by atoms with Crippen molar-refractivity contribution in [1.82, 2.24) is 5.32 Å². The molecule has 6 nitrogen and oxygen atoms in total. The molecule has 0 aliphatic heterocycles. The van der Waals surface area contributed by atoms with Gasteiger partial charge in [-0.25, -0.2) is 4.79 Å². The van der Waals surface area contributed by atoms with Crippen molar-refractivity contribution in [3.8, 4) is 12.1 Å². The van der Waals surface area contributed by atoms with Crippen molar-refractivity contribution < 1.29 is 14.3 Å². The monoisotopic (exact) mass is 299 g/mol. The lowest BCUT2D eigenvalue weighted by atomic mass is 9.90. The van der Waals surface area contributed by atoms with Crippen LogP contribution in [0.3, 0.4) is 0 Å². The number of carbonyl (C=O) groups is 2. The van der Waals surface area contributed by atoms with E-state index in [1.807, 2.05) is 26.0 Å². The largest absolute Gasteiger partial charge is 0.452 e. The summed E-state index contributed by atoms with van der Waals surface area (Å²) in [5, 5.41) is 20.3. The van der Waals surface area contributed by atoms with Gasteiger partial charge in [0.1, 0.15) is 5.54 Å². The first kappa shape index (κ1) is 17.2. The van der Waals surface area contributed by atoms with Gasteiger partial charge < -0.3 is 10.1 Å². The molecule has 0 aliphatic rings. The van der Waals surface area contributed by atoms with E-state index in [1.54, 1.807) is 6.92 Å². The zero-order valence-electron chi connectivity index (χ0n) is 12.7. The number of rotatable bonds is 5. The van der Waals surface area contributed by atoms with Gasteiger partial charge in [-0.05, 0) is 37.1 Å². The molecular formula is C16H17N3O3. The molecule has 1 rings (SSSR count). The minimum Gasteiger partial charge on any atom is -0.452 e. The number of esters is 1. The van der Waals surface area contributed by atoms with Crippen LogP contribution in [0.25, 0.3) is 0 Å². The van der Waals surface area contributed by atoms with Crippen LogP contribution in [-0.4, -0.2) is 24.0 Å². The molecule has 1 aromatic carbocycles. The molecule has 0 unspecified atom stereocenters. The summed E-state index contributed by atoms with van der Waals surface area (Å²) < 4.78 is 4.89. The van der Waals surface area contributed by atoms with E-state index in [0.29, 0.717) is 5.56 Å². The molecule has 6 heteroatoms. The molecule has 22 heavy (non-hydrogen) atoms. The first-order valence-electron chi connectivity index (χ1n) is 6.72. The van der Waals surface area contributed by atoms with Gasteiger partial charge in [0, 0.05) is 0 Å². The highest BCUT2D eigenvalue weighted by molar-refractivity contribution is 5.91. The fraction of sp³-hybridized carbons (Fsp3) is 0.375. The Morgan fingerprint density at radius 1 is 1.27 bits per heavy atom. The Labute approximate surface area is 129 Å². The quantitative estimate of drug-likeness (QED) is 0.834. The minimum atomic E-state index is -1.02.